The molecule has 120 valence electrons. The Kier molecular flexibility index (Phi) is 6.99. The predicted molar refractivity (Wildman–Crippen MR) is 86.3 cm³/mol. The summed E-state index contributed by atoms with van der Waals surface area (Å²) in [5.41, 5.74) is 0.822. The normalized spacial score (nSPS) is 13.0. The Hall–Kier alpha value is -1.26. The molecule has 21 heavy (non-hydrogen) atoms. The van der Waals surface area contributed by atoms with E-state index in [9.17, 15) is 0 Å². The van der Waals surface area contributed by atoms with E-state index in [0.717, 1.165) is 17.1 Å². The molecule has 1 atom stereocenters. The van der Waals surface area contributed by atoms with Gasteiger partial charge in [0.15, 0.2) is 11.5 Å². The molecule has 0 amide bonds. The van der Waals surface area contributed by atoms with Gasteiger partial charge >= 0.3 is 0 Å². The predicted octanol–water partition coefficient (Wildman–Crippen LogP) is 3.56. The zero-order valence-electron chi connectivity index (χ0n) is 14.2. The standard InChI is InChI=1S/C17H29NO3/c1-7-19-14-11-10-13(12-15(14)20-8-2)16(18-6)17(4,5)21-9-3/h10-12,16,18H,7-9H2,1-6H3. The van der Waals surface area contributed by atoms with Crippen LogP contribution in [-0.4, -0.2) is 32.5 Å². The van der Waals surface area contributed by atoms with Crippen molar-refractivity contribution in [3.05, 3.63) is 23.8 Å². The topological polar surface area (TPSA) is 39.7 Å². The van der Waals surface area contributed by atoms with Crippen molar-refractivity contribution in [2.75, 3.05) is 26.9 Å². The van der Waals surface area contributed by atoms with E-state index >= 15 is 0 Å². The molecule has 1 N–H and O–H groups in total. The summed E-state index contributed by atoms with van der Waals surface area (Å²) in [6.45, 7) is 12.1. The molecular formula is C17H29NO3. The highest BCUT2D eigenvalue weighted by Crippen LogP contribution is 2.35. The molecule has 0 fully saturated rings. The van der Waals surface area contributed by atoms with Crippen LogP contribution in [0.5, 0.6) is 11.5 Å². The molecule has 0 bridgehead atoms. The molecule has 0 saturated carbocycles. The molecule has 0 spiro atoms. The molecule has 1 rings (SSSR count). The molecule has 1 aromatic rings. The van der Waals surface area contributed by atoms with Gasteiger partial charge in [-0.25, -0.2) is 0 Å². The Morgan fingerprint density at radius 3 is 2.14 bits per heavy atom. The Labute approximate surface area is 128 Å². The van der Waals surface area contributed by atoms with Crippen LogP contribution in [0.3, 0.4) is 0 Å². The van der Waals surface area contributed by atoms with Gasteiger partial charge in [-0.05, 0) is 59.4 Å². The van der Waals surface area contributed by atoms with E-state index in [0.29, 0.717) is 19.8 Å². The van der Waals surface area contributed by atoms with Gasteiger partial charge in [-0.2, -0.15) is 0 Å². The highest BCUT2D eigenvalue weighted by Gasteiger charge is 2.30. The third-order valence-electron chi connectivity index (χ3n) is 3.40. The maximum Gasteiger partial charge on any atom is 0.161 e. The van der Waals surface area contributed by atoms with Crippen molar-refractivity contribution >= 4 is 0 Å². The minimum Gasteiger partial charge on any atom is -0.490 e. The van der Waals surface area contributed by atoms with Crippen LogP contribution in [0.2, 0.25) is 0 Å². The van der Waals surface area contributed by atoms with Crippen LogP contribution in [-0.2, 0) is 4.74 Å². The van der Waals surface area contributed by atoms with Crippen LogP contribution >= 0.6 is 0 Å². The molecule has 0 saturated heterocycles. The molecule has 4 heteroatoms. The molecule has 0 radical (unpaired) electrons. The Morgan fingerprint density at radius 1 is 1.00 bits per heavy atom. The van der Waals surface area contributed by atoms with Gasteiger partial charge in [-0.1, -0.05) is 6.07 Å². The highest BCUT2D eigenvalue weighted by molar-refractivity contribution is 5.44. The third kappa shape index (κ3) is 4.61. The molecular weight excluding hydrogens is 266 g/mol. The fourth-order valence-electron chi connectivity index (χ4n) is 2.62. The highest BCUT2D eigenvalue weighted by atomic mass is 16.5. The average Bonchev–Trinajstić information content (AvgIpc) is 2.42. The first-order chi connectivity index (χ1) is 10.00. The Bertz CT molecular complexity index is 432. The fourth-order valence-corrected chi connectivity index (χ4v) is 2.62. The van der Waals surface area contributed by atoms with Gasteiger partial charge in [-0.15, -0.1) is 0 Å². The number of ether oxygens (including phenoxy) is 3. The minimum atomic E-state index is -0.305. The third-order valence-corrected chi connectivity index (χ3v) is 3.40. The van der Waals surface area contributed by atoms with Crippen LogP contribution in [0.1, 0.15) is 46.2 Å². The second kappa shape index (κ2) is 8.25. The summed E-state index contributed by atoms with van der Waals surface area (Å²) in [5.74, 6) is 1.57. The van der Waals surface area contributed by atoms with Crippen molar-refractivity contribution in [2.24, 2.45) is 0 Å². The Morgan fingerprint density at radius 2 is 1.62 bits per heavy atom. The summed E-state index contributed by atoms with van der Waals surface area (Å²) < 4.78 is 17.2. The number of benzene rings is 1. The quantitative estimate of drug-likeness (QED) is 0.756. The molecule has 1 aromatic carbocycles. The zero-order chi connectivity index (χ0) is 15.9. The van der Waals surface area contributed by atoms with E-state index in [4.69, 9.17) is 14.2 Å². The summed E-state index contributed by atoms with van der Waals surface area (Å²) >= 11 is 0. The number of likely N-dealkylation sites (N-methyl/N-ethyl adjacent to an activating group) is 1. The largest absolute Gasteiger partial charge is 0.490 e. The van der Waals surface area contributed by atoms with Gasteiger partial charge in [0, 0.05) is 6.61 Å². The summed E-state index contributed by atoms with van der Waals surface area (Å²) in [6, 6.07) is 6.15. The molecule has 1 unspecified atom stereocenters. The second-order valence-electron chi connectivity index (χ2n) is 5.33. The van der Waals surface area contributed by atoms with E-state index in [2.05, 4.69) is 25.2 Å². The van der Waals surface area contributed by atoms with E-state index in [1.54, 1.807) is 0 Å². The minimum absolute atomic E-state index is 0.0762. The van der Waals surface area contributed by atoms with Gasteiger partial charge in [-0.3, -0.25) is 0 Å². The van der Waals surface area contributed by atoms with Crippen molar-refractivity contribution in [3.8, 4) is 11.5 Å². The van der Waals surface area contributed by atoms with Crippen LogP contribution in [0.25, 0.3) is 0 Å². The molecule has 0 aliphatic heterocycles. The second-order valence-corrected chi connectivity index (χ2v) is 5.33. The van der Waals surface area contributed by atoms with Crippen LogP contribution < -0.4 is 14.8 Å². The Balaban J connectivity index is 3.12. The molecule has 0 heterocycles. The smallest absolute Gasteiger partial charge is 0.161 e. The lowest BCUT2D eigenvalue weighted by Gasteiger charge is -2.34. The van der Waals surface area contributed by atoms with Crippen molar-refractivity contribution < 1.29 is 14.2 Å². The average molecular weight is 295 g/mol. The monoisotopic (exact) mass is 295 g/mol. The number of rotatable bonds is 9. The summed E-state index contributed by atoms with van der Waals surface area (Å²) in [7, 11) is 1.95. The first kappa shape index (κ1) is 17.8. The van der Waals surface area contributed by atoms with Gasteiger partial charge in [0.2, 0.25) is 0 Å². The molecule has 0 aromatic heterocycles. The lowest BCUT2D eigenvalue weighted by molar-refractivity contribution is -0.0375. The summed E-state index contributed by atoms with van der Waals surface area (Å²) in [5, 5.41) is 3.34. The maximum absolute atomic E-state index is 5.88. The lowest BCUT2D eigenvalue weighted by Crippen LogP contribution is -2.40. The van der Waals surface area contributed by atoms with E-state index in [1.807, 2.05) is 40.0 Å². The van der Waals surface area contributed by atoms with Crippen LogP contribution in [0, 0.1) is 0 Å². The van der Waals surface area contributed by atoms with Gasteiger partial charge in [0.05, 0.1) is 24.9 Å². The lowest BCUT2D eigenvalue weighted by atomic mass is 9.91. The first-order valence-electron chi connectivity index (χ1n) is 7.70. The zero-order valence-corrected chi connectivity index (χ0v) is 14.2. The number of hydrogen-bond acceptors (Lipinski definition) is 4. The van der Waals surface area contributed by atoms with E-state index < -0.39 is 0 Å². The summed E-state index contributed by atoms with van der Waals surface area (Å²) in [4.78, 5) is 0. The van der Waals surface area contributed by atoms with Crippen molar-refractivity contribution in [1.82, 2.24) is 5.32 Å². The van der Waals surface area contributed by atoms with Crippen molar-refractivity contribution in [3.63, 3.8) is 0 Å². The number of hydrogen-bond donors (Lipinski definition) is 1. The van der Waals surface area contributed by atoms with Gasteiger partial charge < -0.3 is 19.5 Å². The van der Waals surface area contributed by atoms with E-state index in [1.165, 1.54) is 0 Å². The first-order valence-corrected chi connectivity index (χ1v) is 7.70. The van der Waals surface area contributed by atoms with Gasteiger partial charge in [0.1, 0.15) is 0 Å². The van der Waals surface area contributed by atoms with Crippen LogP contribution in [0.15, 0.2) is 18.2 Å². The van der Waals surface area contributed by atoms with Gasteiger partial charge in [0.25, 0.3) is 0 Å². The van der Waals surface area contributed by atoms with Crippen LogP contribution in [0.4, 0.5) is 0 Å². The SMILES string of the molecule is CCOc1ccc(C(NC)C(C)(C)OCC)cc1OCC. The van der Waals surface area contributed by atoms with Crippen molar-refractivity contribution in [1.29, 1.82) is 0 Å². The maximum atomic E-state index is 5.88. The number of nitrogens with one attached hydrogen (secondary N) is 1. The fraction of sp³-hybridized carbons (Fsp3) is 0.647. The molecule has 4 nitrogen and oxygen atoms in total. The van der Waals surface area contributed by atoms with E-state index in [-0.39, 0.29) is 11.6 Å². The van der Waals surface area contributed by atoms with Crippen molar-refractivity contribution in [2.45, 2.75) is 46.3 Å². The molecule has 0 aliphatic rings. The summed E-state index contributed by atoms with van der Waals surface area (Å²) in [6.07, 6.45) is 0. The molecule has 0 aliphatic carbocycles.